The lowest BCUT2D eigenvalue weighted by molar-refractivity contribution is 0.585. The molecule has 0 fully saturated rings. The minimum Gasteiger partial charge on any atom is -0.326 e. The number of rotatable bonds is 4. The first-order valence-electron chi connectivity index (χ1n) is 5.17. The fraction of sp³-hybridized carbons (Fsp3) is 0.455. The van der Waals surface area contributed by atoms with Crippen molar-refractivity contribution in [2.45, 2.75) is 25.6 Å². The van der Waals surface area contributed by atoms with Crippen LogP contribution in [0.4, 0.5) is 5.69 Å². The minimum atomic E-state index is -3.28. The summed E-state index contributed by atoms with van der Waals surface area (Å²) < 4.78 is 25.3. The van der Waals surface area contributed by atoms with Gasteiger partial charge < -0.3 is 5.73 Å². The molecule has 4 nitrogen and oxygen atoms in total. The van der Waals surface area contributed by atoms with Crippen LogP contribution in [0.25, 0.3) is 0 Å². The number of hydrogen-bond donors (Lipinski definition) is 1. The molecule has 0 aliphatic carbocycles. The number of sulfonamides is 1. The number of nitrogens with zero attached hydrogens (tertiary/aromatic N) is 1. The van der Waals surface area contributed by atoms with Gasteiger partial charge in [0.25, 0.3) is 0 Å². The van der Waals surface area contributed by atoms with Crippen LogP contribution in [-0.2, 0) is 16.6 Å². The first-order chi connectivity index (χ1) is 7.41. The summed E-state index contributed by atoms with van der Waals surface area (Å²) in [4.78, 5) is 0. The molecule has 90 valence electrons. The van der Waals surface area contributed by atoms with Crippen LogP contribution in [0.1, 0.15) is 19.4 Å². The molecular formula is C11H18N2O2S. The molecule has 0 spiro atoms. The summed E-state index contributed by atoms with van der Waals surface area (Å²) >= 11 is 0. The lowest BCUT2D eigenvalue weighted by Crippen LogP contribution is -2.33. The van der Waals surface area contributed by atoms with Gasteiger partial charge in [0.1, 0.15) is 0 Å². The predicted octanol–water partition coefficient (Wildman–Crippen LogP) is 1.32. The van der Waals surface area contributed by atoms with Gasteiger partial charge in [0.15, 0.2) is 0 Å². The van der Waals surface area contributed by atoms with Crippen molar-refractivity contribution >= 4 is 15.7 Å². The maximum Gasteiger partial charge on any atom is 0.237 e. The zero-order valence-electron chi connectivity index (χ0n) is 9.84. The van der Waals surface area contributed by atoms with Crippen LogP contribution in [0.2, 0.25) is 0 Å². The van der Waals surface area contributed by atoms with Gasteiger partial charge in [-0.15, -0.1) is 0 Å². The lowest BCUT2D eigenvalue weighted by Gasteiger charge is -2.23. The Labute approximate surface area is 97.1 Å². The van der Waals surface area contributed by atoms with Crippen LogP contribution >= 0.6 is 0 Å². The monoisotopic (exact) mass is 242 g/mol. The quantitative estimate of drug-likeness (QED) is 0.866. The molecule has 0 amide bonds. The average Bonchev–Trinajstić information content (AvgIpc) is 2.27. The van der Waals surface area contributed by atoms with Crippen molar-refractivity contribution in [3.63, 3.8) is 0 Å². The molecule has 1 rings (SSSR count). The van der Waals surface area contributed by atoms with E-state index in [1.807, 2.05) is 12.1 Å². The molecule has 5 heteroatoms. The Morgan fingerprint density at radius 3 is 2.38 bits per heavy atom. The summed E-state index contributed by atoms with van der Waals surface area (Å²) in [6.45, 7) is 3.65. The first-order valence-corrected chi connectivity index (χ1v) is 6.67. The molecule has 0 heterocycles. The van der Waals surface area contributed by atoms with Gasteiger partial charge in [-0.3, -0.25) is 4.31 Å². The van der Waals surface area contributed by atoms with E-state index < -0.39 is 15.3 Å². The maximum absolute atomic E-state index is 12.0. The highest BCUT2D eigenvalue weighted by Gasteiger charge is 2.23. The van der Waals surface area contributed by atoms with Gasteiger partial charge in [-0.25, -0.2) is 8.42 Å². The maximum atomic E-state index is 12.0. The van der Waals surface area contributed by atoms with Gasteiger partial charge in [-0.05, 0) is 25.5 Å². The smallest absolute Gasteiger partial charge is 0.237 e. The second-order valence-electron chi connectivity index (χ2n) is 3.89. The predicted molar refractivity (Wildman–Crippen MR) is 66.8 cm³/mol. The Morgan fingerprint density at radius 1 is 1.31 bits per heavy atom. The minimum absolute atomic E-state index is 0.328. The molecule has 2 N–H and O–H groups in total. The van der Waals surface area contributed by atoms with Crippen LogP contribution in [0.5, 0.6) is 0 Å². The van der Waals surface area contributed by atoms with E-state index in [0.717, 1.165) is 5.56 Å². The third kappa shape index (κ3) is 2.36. The van der Waals surface area contributed by atoms with E-state index in [1.165, 1.54) is 4.31 Å². The first kappa shape index (κ1) is 13.0. The molecule has 0 radical (unpaired) electrons. The standard InChI is InChI=1S/C11H18N2O2S/c1-9(2)16(14,15)13(3)11-7-5-4-6-10(11)8-12/h4-7,9H,8,12H2,1-3H3. The molecular weight excluding hydrogens is 224 g/mol. The Kier molecular flexibility index (Phi) is 3.93. The molecule has 0 atom stereocenters. The number of nitrogens with two attached hydrogens (primary N) is 1. The van der Waals surface area contributed by atoms with Crippen LogP contribution < -0.4 is 10.0 Å². The van der Waals surface area contributed by atoms with Gasteiger partial charge >= 0.3 is 0 Å². The van der Waals surface area contributed by atoms with Gasteiger partial charge in [0.2, 0.25) is 10.0 Å². The van der Waals surface area contributed by atoms with Gasteiger partial charge in [-0.2, -0.15) is 0 Å². The van der Waals surface area contributed by atoms with Gasteiger partial charge in [0.05, 0.1) is 10.9 Å². The van der Waals surface area contributed by atoms with Crippen molar-refractivity contribution < 1.29 is 8.42 Å². The summed E-state index contributed by atoms with van der Waals surface area (Å²) in [7, 11) is -1.73. The summed E-state index contributed by atoms with van der Waals surface area (Å²) in [6, 6.07) is 7.26. The average molecular weight is 242 g/mol. The van der Waals surface area contributed by atoms with E-state index in [-0.39, 0.29) is 0 Å². The molecule has 0 bridgehead atoms. The van der Waals surface area contributed by atoms with E-state index in [4.69, 9.17) is 5.73 Å². The fourth-order valence-corrected chi connectivity index (χ4v) is 2.53. The molecule has 0 saturated heterocycles. The number of benzene rings is 1. The summed E-state index contributed by atoms with van der Waals surface area (Å²) in [5.74, 6) is 0. The molecule has 1 aromatic rings. The van der Waals surface area contributed by atoms with E-state index in [0.29, 0.717) is 12.2 Å². The largest absolute Gasteiger partial charge is 0.326 e. The normalized spacial score (nSPS) is 11.8. The highest BCUT2D eigenvalue weighted by atomic mass is 32.2. The highest BCUT2D eigenvalue weighted by molar-refractivity contribution is 7.93. The fourth-order valence-electron chi connectivity index (χ4n) is 1.44. The van der Waals surface area contributed by atoms with E-state index >= 15 is 0 Å². The SMILES string of the molecule is CC(C)S(=O)(=O)N(C)c1ccccc1CN. The van der Waals surface area contributed by atoms with Gasteiger partial charge in [0, 0.05) is 13.6 Å². The summed E-state index contributed by atoms with van der Waals surface area (Å²) in [5.41, 5.74) is 7.07. The van der Waals surface area contributed by atoms with Crippen molar-refractivity contribution in [2.24, 2.45) is 5.73 Å². The van der Waals surface area contributed by atoms with Crippen molar-refractivity contribution in [2.75, 3.05) is 11.4 Å². The zero-order valence-corrected chi connectivity index (χ0v) is 10.7. The molecule has 0 aliphatic rings. The van der Waals surface area contributed by atoms with E-state index in [9.17, 15) is 8.42 Å². The van der Waals surface area contributed by atoms with Crippen LogP contribution in [-0.4, -0.2) is 20.7 Å². The topological polar surface area (TPSA) is 63.4 Å². The highest BCUT2D eigenvalue weighted by Crippen LogP contribution is 2.22. The zero-order chi connectivity index (χ0) is 12.3. The number of para-hydroxylation sites is 1. The van der Waals surface area contributed by atoms with Crippen LogP contribution in [0.3, 0.4) is 0 Å². The molecule has 0 aromatic heterocycles. The van der Waals surface area contributed by atoms with E-state index in [1.54, 1.807) is 33.0 Å². The van der Waals surface area contributed by atoms with Crippen molar-refractivity contribution in [3.05, 3.63) is 29.8 Å². The Morgan fingerprint density at radius 2 is 1.88 bits per heavy atom. The molecule has 0 saturated carbocycles. The Bertz CT molecular complexity index is 455. The third-order valence-corrected chi connectivity index (χ3v) is 4.68. The molecule has 16 heavy (non-hydrogen) atoms. The van der Waals surface area contributed by atoms with E-state index in [2.05, 4.69) is 0 Å². The molecule has 0 unspecified atom stereocenters. The molecule has 0 aliphatic heterocycles. The van der Waals surface area contributed by atoms with Crippen molar-refractivity contribution in [1.82, 2.24) is 0 Å². The second kappa shape index (κ2) is 4.84. The van der Waals surface area contributed by atoms with Crippen LogP contribution in [0, 0.1) is 0 Å². The summed E-state index contributed by atoms with van der Waals surface area (Å²) in [6.07, 6.45) is 0. The van der Waals surface area contributed by atoms with Crippen molar-refractivity contribution in [1.29, 1.82) is 0 Å². The van der Waals surface area contributed by atoms with Crippen LogP contribution in [0.15, 0.2) is 24.3 Å². The Balaban J connectivity index is 3.20. The third-order valence-electron chi connectivity index (χ3n) is 2.53. The number of hydrogen-bond acceptors (Lipinski definition) is 3. The summed E-state index contributed by atoms with van der Waals surface area (Å²) in [5, 5.41) is -0.441. The van der Waals surface area contributed by atoms with Crippen molar-refractivity contribution in [3.8, 4) is 0 Å². The molecule has 1 aromatic carbocycles. The second-order valence-corrected chi connectivity index (χ2v) is 6.41. The van der Waals surface area contributed by atoms with Gasteiger partial charge in [-0.1, -0.05) is 18.2 Å². The number of anilines is 1. The lowest BCUT2D eigenvalue weighted by atomic mass is 10.2. The Hall–Kier alpha value is -1.07.